The van der Waals surface area contributed by atoms with Crippen LogP contribution in [-0.4, -0.2) is 26.2 Å². The van der Waals surface area contributed by atoms with E-state index in [9.17, 15) is 9.59 Å². The minimum atomic E-state index is -0.843. The van der Waals surface area contributed by atoms with Crippen LogP contribution >= 0.6 is 0 Å². The van der Waals surface area contributed by atoms with E-state index in [-0.39, 0.29) is 11.3 Å². The topological polar surface area (TPSA) is 52.6 Å². The number of hydrogen-bond donors (Lipinski definition) is 0. The first kappa shape index (κ1) is 13.7. The summed E-state index contributed by atoms with van der Waals surface area (Å²) in [7, 11) is 2.58. The van der Waals surface area contributed by atoms with Crippen molar-refractivity contribution in [2.75, 3.05) is 14.2 Å². The molecular formula is C13H20O4. The second kappa shape index (κ2) is 4.51. The summed E-state index contributed by atoms with van der Waals surface area (Å²) in [6.45, 7) is 8.03. The smallest absolute Gasteiger partial charge is 0.320 e. The van der Waals surface area contributed by atoms with E-state index >= 15 is 0 Å². The minimum absolute atomic E-state index is 0.104. The molecule has 96 valence electrons. The molecule has 0 amide bonds. The van der Waals surface area contributed by atoms with Gasteiger partial charge in [-0.2, -0.15) is 0 Å². The highest BCUT2D eigenvalue weighted by Gasteiger charge is 2.61. The van der Waals surface area contributed by atoms with Crippen LogP contribution in [-0.2, 0) is 19.1 Å². The van der Waals surface area contributed by atoms with Crippen molar-refractivity contribution in [3.63, 3.8) is 0 Å². The van der Waals surface area contributed by atoms with Crippen LogP contribution in [0, 0.1) is 17.3 Å². The Morgan fingerprint density at radius 3 is 1.76 bits per heavy atom. The van der Waals surface area contributed by atoms with Crippen molar-refractivity contribution in [2.24, 2.45) is 17.3 Å². The predicted octanol–water partition coefficient (Wildman–Crippen LogP) is 1.94. The molecule has 0 aromatic heterocycles. The van der Waals surface area contributed by atoms with Crippen molar-refractivity contribution in [1.29, 1.82) is 0 Å². The van der Waals surface area contributed by atoms with Gasteiger partial charge in [-0.25, -0.2) is 0 Å². The normalized spacial score (nSPS) is 21.1. The Bertz CT molecular complexity index is 359. The molecule has 0 N–H and O–H groups in total. The van der Waals surface area contributed by atoms with Crippen LogP contribution < -0.4 is 0 Å². The van der Waals surface area contributed by atoms with E-state index in [1.807, 2.05) is 27.7 Å². The van der Waals surface area contributed by atoms with Gasteiger partial charge in [-0.15, -0.1) is 0 Å². The lowest BCUT2D eigenvalue weighted by Crippen LogP contribution is -2.29. The van der Waals surface area contributed by atoms with Crippen molar-refractivity contribution in [2.45, 2.75) is 27.7 Å². The molecule has 0 aromatic rings. The predicted molar refractivity (Wildman–Crippen MR) is 63.2 cm³/mol. The first-order valence-corrected chi connectivity index (χ1v) is 5.62. The third-order valence-corrected chi connectivity index (χ3v) is 3.48. The number of esters is 2. The standard InChI is InChI=1S/C13H20O4/c1-7(2)9-10(13(9,3)4)8(11(14)16-5)12(15)17-6/h8,10H,1-6H3. The zero-order valence-corrected chi connectivity index (χ0v) is 11.3. The van der Waals surface area contributed by atoms with Crippen LogP contribution in [0.1, 0.15) is 27.7 Å². The minimum Gasteiger partial charge on any atom is -0.468 e. The van der Waals surface area contributed by atoms with Crippen molar-refractivity contribution in [3.05, 3.63) is 11.1 Å². The Labute approximate surface area is 102 Å². The first-order chi connectivity index (χ1) is 7.78. The molecule has 1 atom stereocenters. The maximum absolute atomic E-state index is 11.7. The fraction of sp³-hybridized carbons (Fsp3) is 0.692. The zero-order chi connectivity index (χ0) is 13.4. The number of carbonyl (C=O) groups is 2. The van der Waals surface area contributed by atoms with Gasteiger partial charge >= 0.3 is 11.9 Å². The lowest BCUT2D eigenvalue weighted by molar-refractivity contribution is -0.160. The maximum Gasteiger partial charge on any atom is 0.320 e. The summed E-state index contributed by atoms with van der Waals surface area (Å²) in [5.41, 5.74) is 2.17. The molecule has 0 spiro atoms. The van der Waals surface area contributed by atoms with Crippen molar-refractivity contribution >= 4 is 11.9 Å². The molecule has 17 heavy (non-hydrogen) atoms. The molecule has 0 saturated heterocycles. The summed E-state index contributed by atoms with van der Waals surface area (Å²) in [5.74, 6) is -1.99. The summed E-state index contributed by atoms with van der Waals surface area (Å²) in [6.07, 6.45) is 0. The number of carbonyl (C=O) groups excluding carboxylic acids is 2. The van der Waals surface area contributed by atoms with Gasteiger partial charge in [0.2, 0.25) is 0 Å². The zero-order valence-electron chi connectivity index (χ0n) is 11.3. The fourth-order valence-electron chi connectivity index (χ4n) is 2.74. The van der Waals surface area contributed by atoms with Crippen LogP contribution in [0.4, 0.5) is 0 Å². The largest absolute Gasteiger partial charge is 0.468 e. The Morgan fingerprint density at radius 1 is 1.12 bits per heavy atom. The first-order valence-electron chi connectivity index (χ1n) is 5.62. The van der Waals surface area contributed by atoms with Gasteiger partial charge in [0, 0.05) is 5.92 Å². The molecule has 1 saturated carbocycles. The van der Waals surface area contributed by atoms with Crippen molar-refractivity contribution < 1.29 is 19.1 Å². The Hall–Kier alpha value is -1.32. The van der Waals surface area contributed by atoms with E-state index in [1.165, 1.54) is 14.2 Å². The van der Waals surface area contributed by atoms with Gasteiger partial charge < -0.3 is 9.47 Å². The van der Waals surface area contributed by atoms with E-state index < -0.39 is 17.9 Å². The summed E-state index contributed by atoms with van der Waals surface area (Å²) in [6, 6.07) is 0. The summed E-state index contributed by atoms with van der Waals surface area (Å²) >= 11 is 0. The van der Waals surface area contributed by atoms with Crippen LogP contribution in [0.2, 0.25) is 0 Å². The van der Waals surface area contributed by atoms with Crippen LogP contribution in [0.15, 0.2) is 11.1 Å². The van der Waals surface area contributed by atoms with Crippen LogP contribution in [0.25, 0.3) is 0 Å². The molecule has 1 aliphatic carbocycles. The average molecular weight is 240 g/mol. The lowest BCUT2D eigenvalue weighted by atomic mass is 9.97. The molecule has 1 aliphatic rings. The Morgan fingerprint density at radius 2 is 1.53 bits per heavy atom. The van der Waals surface area contributed by atoms with E-state index in [0.29, 0.717) is 0 Å². The molecule has 1 rings (SSSR count). The lowest BCUT2D eigenvalue weighted by Gasteiger charge is -2.12. The van der Waals surface area contributed by atoms with Gasteiger partial charge in [0.1, 0.15) is 0 Å². The SMILES string of the molecule is COC(=O)C(C(=O)OC)C1C(=C(C)C)C1(C)C. The summed E-state index contributed by atoms with van der Waals surface area (Å²) in [5, 5.41) is 0. The van der Waals surface area contributed by atoms with E-state index in [4.69, 9.17) is 9.47 Å². The quantitative estimate of drug-likeness (QED) is 0.430. The molecule has 0 heterocycles. The highest BCUT2D eigenvalue weighted by molar-refractivity contribution is 5.96. The van der Waals surface area contributed by atoms with E-state index in [2.05, 4.69) is 0 Å². The molecule has 1 fully saturated rings. The fourth-order valence-corrected chi connectivity index (χ4v) is 2.74. The molecule has 0 aliphatic heterocycles. The van der Waals surface area contributed by atoms with E-state index in [1.54, 1.807) is 0 Å². The van der Waals surface area contributed by atoms with Gasteiger partial charge in [-0.05, 0) is 19.3 Å². The Kier molecular flexibility index (Phi) is 3.65. The van der Waals surface area contributed by atoms with E-state index in [0.717, 1.165) is 11.1 Å². The van der Waals surface area contributed by atoms with Crippen molar-refractivity contribution in [3.8, 4) is 0 Å². The number of methoxy groups -OCH3 is 2. The molecule has 0 aromatic carbocycles. The summed E-state index contributed by atoms with van der Waals surface area (Å²) < 4.78 is 9.39. The molecule has 0 bridgehead atoms. The maximum atomic E-state index is 11.7. The number of allylic oxidation sites excluding steroid dienone is 2. The third-order valence-electron chi connectivity index (χ3n) is 3.48. The van der Waals surface area contributed by atoms with Crippen LogP contribution in [0.5, 0.6) is 0 Å². The highest BCUT2D eigenvalue weighted by Crippen LogP contribution is 2.63. The number of hydrogen-bond acceptors (Lipinski definition) is 4. The molecule has 4 heteroatoms. The number of ether oxygens (including phenoxy) is 2. The number of rotatable bonds is 3. The molecular weight excluding hydrogens is 220 g/mol. The Balaban J connectivity index is 3.08. The van der Waals surface area contributed by atoms with Crippen LogP contribution in [0.3, 0.4) is 0 Å². The van der Waals surface area contributed by atoms with Gasteiger partial charge in [0.05, 0.1) is 14.2 Å². The molecule has 1 unspecified atom stereocenters. The summed E-state index contributed by atoms with van der Waals surface area (Å²) in [4.78, 5) is 23.4. The highest BCUT2D eigenvalue weighted by atomic mass is 16.5. The average Bonchev–Trinajstić information content (AvgIpc) is 2.81. The monoisotopic (exact) mass is 240 g/mol. The molecule has 4 nitrogen and oxygen atoms in total. The van der Waals surface area contributed by atoms with Gasteiger partial charge in [-0.1, -0.05) is 25.0 Å². The third kappa shape index (κ3) is 2.21. The molecule has 0 radical (unpaired) electrons. The second-order valence-corrected chi connectivity index (χ2v) is 5.14. The van der Waals surface area contributed by atoms with Crippen molar-refractivity contribution in [1.82, 2.24) is 0 Å². The van der Waals surface area contributed by atoms with Gasteiger partial charge in [0.25, 0.3) is 0 Å². The van der Waals surface area contributed by atoms with Gasteiger partial charge in [-0.3, -0.25) is 9.59 Å². The second-order valence-electron chi connectivity index (χ2n) is 5.14. The van der Waals surface area contributed by atoms with Gasteiger partial charge in [0.15, 0.2) is 5.92 Å².